The SMILES string of the molecule is C=C(/C=C(\C=C/C)C(CC(=O)O)N1CCS(=O)CC1)c1cnc2c(c1)c(-c1ccccc1OC)cn2SI. The average molecular weight is 664 g/mol. The number of aliphatic carboxylic acids is 1. The third kappa shape index (κ3) is 6.41. The Labute approximate surface area is 241 Å². The predicted octanol–water partition coefficient (Wildman–Crippen LogP) is 5.98. The molecule has 0 radical (unpaired) electrons. The number of hydrogen-bond acceptors (Lipinski definition) is 6. The van der Waals surface area contributed by atoms with Crippen LogP contribution < -0.4 is 4.74 Å². The minimum Gasteiger partial charge on any atom is -0.496 e. The summed E-state index contributed by atoms with van der Waals surface area (Å²) >= 11 is 2.24. The molecule has 200 valence electrons. The molecule has 3 aromatic rings. The van der Waals surface area contributed by atoms with Crippen LogP contribution in [0.2, 0.25) is 0 Å². The number of carboxylic acid groups (broad SMARTS) is 1. The van der Waals surface area contributed by atoms with Gasteiger partial charge in [0.25, 0.3) is 0 Å². The van der Waals surface area contributed by atoms with Crippen LogP contribution in [0.3, 0.4) is 0 Å². The van der Waals surface area contributed by atoms with E-state index < -0.39 is 16.8 Å². The Kier molecular flexibility index (Phi) is 9.85. The van der Waals surface area contributed by atoms with Crippen molar-refractivity contribution in [2.24, 2.45) is 0 Å². The Balaban J connectivity index is 1.76. The van der Waals surface area contributed by atoms with Gasteiger partial charge >= 0.3 is 5.97 Å². The molecule has 0 amide bonds. The van der Waals surface area contributed by atoms with E-state index in [1.807, 2.05) is 53.4 Å². The molecule has 1 aliphatic heterocycles. The second kappa shape index (κ2) is 13.1. The standard InChI is InChI=1S/C28H30IN3O4S2/c1-4-7-20(25(16-27(33)34)31-10-12-38(35)13-11-31)14-19(2)21-15-23-24(18-32(37-29)28(23)30-17-21)22-8-5-6-9-26(22)36-3/h4-9,14-15,17-18,25H,2,10-13,16H2,1,3H3,(H,33,34)/b7-4-,20-14+. The van der Waals surface area contributed by atoms with Crippen molar-refractivity contribution < 1.29 is 18.8 Å². The van der Waals surface area contributed by atoms with E-state index >= 15 is 0 Å². The fourth-order valence-corrected chi connectivity index (χ4v) is 7.05. The Morgan fingerprint density at radius 2 is 2.05 bits per heavy atom. The summed E-state index contributed by atoms with van der Waals surface area (Å²) in [5.41, 5.74) is 5.27. The molecule has 4 rings (SSSR count). The van der Waals surface area contributed by atoms with Gasteiger partial charge in [-0.25, -0.2) is 4.98 Å². The molecule has 1 aromatic carbocycles. The van der Waals surface area contributed by atoms with Crippen LogP contribution in [-0.2, 0) is 15.6 Å². The first-order chi connectivity index (χ1) is 18.4. The number of hydrogen-bond donors (Lipinski definition) is 1. The number of carboxylic acids is 1. The molecule has 0 bridgehead atoms. The lowest BCUT2D eigenvalue weighted by Gasteiger charge is -2.34. The Hall–Kier alpha value is -2.41. The van der Waals surface area contributed by atoms with Gasteiger partial charge in [-0.15, -0.1) is 0 Å². The van der Waals surface area contributed by atoms with E-state index in [0.29, 0.717) is 24.6 Å². The molecule has 0 spiro atoms. The minimum absolute atomic E-state index is 0.0406. The number of aromatic nitrogens is 2. The molecule has 0 saturated carbocycles. The topological polar surface area (TPSA) is 84.7 Å². The van der Waals surface area contributed by atoms with E-state index in [4.69, 9.17) is 9.72 Å². The van der Waals surface area contributed by atoms with E-state index in [0.717, 1.165) is 44.6 Å². The zero-order valence-electron chi connectivity index (χ0n) is 21.3. The van der Waals surface area contributed by atoms with Crippen LogP contribution in [0.15, 0.2) is 73.1 Å². The highest BCUT2D eigenvalue weighted by atomic mass is 127. The number of benzene rings is 1. The monoisotopic (exact) mass is 663 g/mol. The number of para-hydroxylation sites is 1. The molecule has 0 aliphatic carbocycles. The molecule has 1 unspecified atom stereocenters. The van der Waals surface area contributed by atoms with E-state index in [1.165, 1.54) is 0 Å². The van der Waals surface area contributed by atoms with Crippen molar-refractivity contribution in [3.63, 3.8) is 0 Å². The van der Waals surface area contributed by atoms with Crippen LogP contribution in [0.1, 0.15) is 18.9 Å². The molecular weight excluding hydrogens is 633 g/mol. The lowest BCUT2D eigenvalue weighted by molar-refractivity contribution is -0.138. The molecule has 3 heterocycles. The van der Waals surface area contributed by atoms with Gasteiger partial charge in [-0.05, 0) is 30.2 Å². The molecular formula is C28H30IN3O4S2. The third-order valence-electron chi connectivity index (χ3n) is 6.56. The van der Waals surface area contributed by atoms with Gasteiger partial charge in [-0.1, -0.05) is 43.0 Å². The Morgan fingerprint density at radius 1 is 1.32 bits per heavy atom. The summed E-state index contributed by atoms with van der Waals surface area (Å²) in [6.07, 6.45) is 9.63. The quantitative estimate of drug-likeness (QED) is 0.211. The van der Waals surface area contributed by atoms with Crippen molar-refractivity contribution in [2.45, 2.75) is 19.4 Å². The highest BCUT2D eigenvalue weighted by molar-refractivity contribution is 14.2. The molecule has 1 N–H and O–H groups in total. The van der Waals surface area contributed by atoms with Crippen LogP contribution in [0, 0.1) is 0 Å². The number of allylic oxidation sites excluding steroid dienone is 3. The fourth-order valence-electron chi connectivity index (χ4n) is 4.71. The van der Waals surface area contributed by atoms with Gasteiger partial charge in [-0.2, -0.15) is 0 Å². The van der Waals surface area contributed by atoms with E-state index in [1.54, 1.807) is 22.4 Å². The normalized spacial score (nSPS) is 16.2. The zero-order valence-corrected chi connectivity index (χ0v) is 25.1. The Bertz CT molecular complexity index is 1420. The maximum atomic E-state index is 11.9. The van der Waals surface area contributed by atoms with E-state index in [-0.39, 0.29) is 12.5 Å². The van der Waals surface area contributed by atoms with Gasteiger partial charge in [0.15, 0.2) is 5.65 Å². The largest absolute Gasteiger partial charge is 0.496 e. The molecule has 1 fully saturated rings. The van der Waals surface area contributed by atoms with Gasteiger partial charge in [0.2, 0.25) is 0 Å². The number of halogens is 1. The number of carbonyl (C=O) groups is 1. The van der Waals surface area contributed by atoms with Crippen LogP contribution in [0.5, 0.6) is 5.75 Å². The minimum atomic E-state index is -0.870. The summed E-state index contributed by atoms with van der Waals surface area (Å²) in [6.45, 7) is 7.45. The van der Waals surface area contributed by atoms with Crippen molar-refractivity contribution in [3.8, 4) is 16.9 Å². The number of fused-ring (bicyclic) bond motifs is 1. The fraction of sp³-hybridized carbons (Fsp3) is 0.286. The number of pyridine rings is 1. The van der Waals surface area contributed by atoms with Crippen molar-refractivity contribution in [3.05, 3.63) is 78.7 Å². The lowest BCUT2D eigenvalue weighted by Crippen LogP contribution is -2.46. The molecule has 2 aromatic heterocycles. The molecule has 7 nitrogen and oxygen atoms in total. The van der Waals surface area contributed by atoms with Gasteiger partial charge < -0.3 is 9.84 Å². The molecule has 10 heteroatoms. The smallest absolute Gasteiger partial charge is 0.305 e. The first kappa shape index (κ1) is 28.6. The summed E-state index contributed by atoms with van der Waals surface area (Å²) in [4.78, 5) is 18.7. The first-order valence-corrected chi connectivity index (χ1v) is 16.9. The number of ether oxygens (including phenoxy) is 1. The van der Waals surface area contributed by atoms with Crippen LogP contribution in [0.25, 0.3) is 27.7 Å². The van der Waals surface area contributed by atoms with E-state index in [2.05, 4.69) is 44.9 Å². The summed E-state index contributed by atoms with van der Waals surface area (Å²) in [5.74, 6) is 1.02. The van der Waals surface area contributed by atoms with Gasteiger partial charge in [0, 0.05) is 106 Å². The summed E-state index contributed by atoms with van der Waals surface area (Å²) < 4.78 is 19.6. The van der Waals surface area contributed by atoms with Crippen molar-refractivity contribution in [1.29, 1.82) is 0 Å². The van der Waals surface area contributed by atoms with Crippen LogP contribution in [-0.4, -0.2) is 66.9 Å². The molecule has 1 aliphatic rings. The number of rotatable bonds is 10. The Morgan fingerprint density at radius 3 is 2.71 bits per heavy atom. The number of nitrogens with zero attached hydrogens (tertiary/aromatic N) is 3. The number of methoxy groups -OCH3 is 1. The predicted molar refractivity (Wildman–Crippen MR) is 166 cm³/mol. The van der Waals surface area contributed by atoms with Crippen LogP contribution >= 0.6 is 30.3 Å². The zero-order chi connectivity index (χ0) is 27.2. The first-order valence-electron chi connectivity index (χ1n) is 12.1. The van der Waals surface area contributed by atoms with Crippen LogP contribution in [0.4, 0.5) is 0 Å². The second-order valence-electron chi connectivity index (χ2n) is 8.90. The summed E-state index contributed by atoms with van der Waals surface area (Å²) in [7, 11) is 2.36. The molecule has 38 heavy (non-hydrogen) atoms. The van der Waals surface area contributed by atoms with Gasteiger partial charge in [-0.3, -0.25) is 17.9 Å². The van der Waals surface area contributed by atoms with Crippen molar-refractivity contribution in [1.82, 2.24) is 13.9 Å². The highest BCUT2D eigenvalue weighted by Crippen LogP contribution is 2.39. The average Bonchev–Trinajstić information content (AvgIpc) is 3.29. The van der Waals surface area contributed by atoms with E-state index in [9.17, 15) is 14.1 Å². The van der Waals surface area contributed by atoms with Gasteiger partial charge in [0.05, 0.1) is 13.5 Å². The second-order valence-corrected chi connectivity index (χ2v) is 12.3. The third-order valence-corrected chi connectivity index (χ3v) is 9.54. The van der Waals surface area contributed by atoms with Crippen molar-refractivity contribution >= 4 is 63.7 Å². The highest BCUT2D eigenvalue weighted by Gasteiger charge is 2.27. The summed E-state index contributed by atoms with van der Waals surface area (Å²) in [5, 5.41) is 10.6. The molecule has 1 atom stereocenters. The summed E-state index contributed by atoms with van der Waals surface area (Å²) in [6, 6.07) is 9.64. The van der Waals surface area contributed by atoms with Crippen molar-refractivity contribution in [2.75, 3.05) is 31.7 Å². The maximum absolute atomic E-state index is 11.9. The maximum Gasteiger partial charge on any atom is 0.305 e. The van der Waals surface area contributed by atoms with Gasteiger partial charge in [0.1, 0.15) is 5.75 Å². The molecule has 1 saturated heterocycles. The lowest BCUT2D eigenvalue weighted by atomic mass is 9.96.